The summed E-state index contributed by atoms with van der Waals surface area (Å²) in [6.45, 7) is 2.50. The summed E-state index contributed by atoms with van der Waals surface area (Å²) in [5, 5.41) is 4.02. The van der Waals surface area contributed by atoms with Crippen LogP contribution in [-0.2, 0) is 17.8 Å². The van der Waals surface area contributed by atoms with Crippen molar-refractivity contribution in [2.75, 3.05) is 6.61 Å². The molecule has 0 aliphatic carbocycles. The highest BCUT2D eigenvalue weighted by molar-refractivity contribution is 5.85. The molecule has 30 heavy (non-hydrogen) atoms. The fourth-order valence-corrected chi connectivity index (χ4v) is 2.85. The Morgan fingerprint density at radius 2 is 1.63 bits per heavy atom. The van der Waals surface area contributed by atoms with E-state index in [9.17, 15) is 4.79 Å². The van der Waals surface area contributed by atoms with Crippen LogP contribution in [-0.4, -0.2) is 18.7 Å². The second kappa shape index (κ2) is 11.4. The minimum atomic E-state index is -0.327. The summed E-state index contributed by atoms with van der Waals surface area (Å²) in [5.74, 6) is 1.03. The Labute approximate surface area is 177 Å². The van der Waals surface area contributed by atoms with E-state index in [-0.39, 0.29) is 12.5 Å². The van der Waals surface area contributed by atoms with Gasteiger partial charge in [-0.3, -0.25) is 4.79 Å². The highest BCUT2D eigenvalue weighted by Crippen LogP contribution is 2.17. The number of rotatable bonds is 10. The maximum atomic E-state index is 12.0. The first kappa shape index (κ1) is 21.1. The Balaban J connectivity index is 1.48. The second-order valence-corrected chi connectivity index (χ2v) is 6.79. The third-order valence-electron chi connectivity index (χ3n) is 4.38. The number of hydrogen-bond acceptors (Lipinski definition) is 4. The molecule has 5 nitrogen and oxygen atoms in total. The molecule has 154 valence electrons. The zero-order valence-corrected chi connectivity index (χ0v) is 17.1. The number of nitrogens with zero attached hydrogens (tertiary/aromatic N) is 1. The van der Waals surface area contributed by atoms with E-state index in [2.05, 4.69) is 17.5 Å². The zero-order valence-electron chi connectivity index (χ0n) is 17.1. The van der Waals surface area contributed by atoms with Gasteiger partial charge in [0.25, 0.3) is 5.91 Å². The molecule has 0 radical (unpaired) electrons. The highest BCUT2D eigenvalue weighted by atomic mass is 16.5. The summed E-state index contributed by atoms with van der Waals surface area (Å²) in [4.78, 5) is 12.0. The van der Waals surface area contributed by atoms with Crippen molar-refractivity contribution in [3.05, 3.63) is 95.6 Å². The van der Waals surface area contributed by atoms with E-state index in [0.29, 0.717) is 18.1 Å². The lowest BCUT2D eigenvalue weighted by Gasteiger charge is -2.09. The Morgan fingerprint density at radius 3 is 2.40 bits per heavy atom. The predicted molar refractivity (Wildman–Crippen MR) is 119 cm³/mol. The Morgan fingerprint density at radius 1 is 0.900 bits per heavy atom. The average molecular weight is 402 g/mol. The summed E-state index contributed by atoms with van der Waals surface area (Å²) in [5.41, 5.74) is 5.60. The number of hydrazone groups is 1. The molecule has 1 N–H and O–H groups in total. The van der Waals surface area contributed by atoms with Crippen LogP contribution < -0.4 is 14.9 Å². The molecule has 0 aliphatic heterocycles. The van der Waals surface area contributed by atoms with Crippen molar-refractivity contribution >= 4 is 12.1 Å². The van der Waals surface area contributed by atoms with Gasteiger partial charge in [-0.15, -0.1) is 0 Å². The molecular formula is C25H26N2O3. The van der Waals surface area contributed by atoms with Crippen LogP contribution in [0.5, 0.6) is 11.5 Å². The third kappa shape index (κ3) is 6.78. The molecule has 0 aromatic heterocycles. The van der Waals surface area contributed by atoms with Crippen LogP contribution in [0.2, 0.25) is 0 Å². The van der Waals surface area contributed by atoms with Gasteiger partial charge in [-0.2, -0.15) is 5.10 Å². The molecule has 0 saturated heterocycles. The number of ether oxygens (including phenoxy) is 2. The van der Waals surface area contributed by atoms with Crippen molar-refractivity contribution in [1.29, 1.82) is 0 Å². The summed E-state index contributed by atoms with van der Waals surface area (Å²) in [6, 6.07) is 25.3. The number of para-hydroxylation sites is 1. The molecule has 1 amide bonds. The third-order valence-corrected chi connectivity index (χ3v) is 4.38. The van der Waals surface area contributed by atoms with Crippen LogP contribution in [0.15, 0.2) is 84.0 Å². The Hall–Kier alpha value is -3.60. The number of hydrogen-bond donors (Lipinski definition) is 1. The van der Waals surface area contributed by atoms with E-state index in [0.717, 1.165) is 24.0 Å². The summed E-state index contributed by atoms with van der Waals surface area (Å²) in [6.07, 6.45) is 3.70. The van der Waals surface area contributed by atoms with Gasteiger partial charge in [-0.1, -0.05) is 67.9 Å². The fourth-order valence-electron chi connectivity index (χ4n) is 2.85. The van der Waals surface area contributed by atoms with Gasteiger partial charge in [0.05, 0.1) is 6.21 Å². The van der Waals surface area contributed by atoms with Gasteiger partial charge in [0.15, 0.2) is 6.61 Å². The lowest BCUT2D eigenvalue weighted by atomic mass is 10.1. The molecule has 0 saturated carbocycles. The molecule has 0 unspecified atom stereocenters. The Bertz CT molecular complexity index is 954. The van der Waals surface area contributed by atoms with Crippen LogP contribution in [0, 0.1) is 0 Å². The minimum Gasteiger partial charge on any atom is -0.488 e. The molecule has 0 spiro atoms. The first-order valence-electron chi connectivity index (χ1n) is 10.0. The van der Waals surface area contributed by atoms with Crippen molar-refractivity contribution in [2.24, 2.45) is 5.10 Å². The van der Waals surface area contributed by atoms with E-state index in [1.54, 1.807) is 6.21 Å². The van der Waals surface area contributed by atoms with Crippen LogP contribution in [0.25, 0.3) is 0 Å². The minimum absolute atomic E-state index is 0.101. The smallest absolute Gasteiger partial charge is 0.277 e. The van der Waals surface area contributed by atoms with Crippen molar-refractivity contribution in [1.82, 2.24) is 5.43 Å². The van der Waals surface area contributed by atoms with Crippen LogP contribution in [0.1, 0.15) is 30.0 Å². The average Bonchev–Trinajstić information content (AvgIpc) is 2.79. The molecule has 0 atom stereocenters. The topological polar surface area (TPSA) is 59.9 Å². The van der Waals surface area contributed by atoms with E-state index in [4.69, 9.17) is 9.47 Å². The molecule has 3 rings (SSSR count). The lowest BCUT2D eigenvalue weighted by Crippen LogP contribution is -2.24. The summed E-state index contributed by atoms with van der Waals surface area (Å²) >= 11 is 0. The van der Waals surface area contributed by atoms with Crippen molar-refractivity contribution in [3.8, 4) is 11.5 Å². The van der Waals surface area contributed by atoms with E-state index in [1.165, 1.54) is 5.56 Å². The number of carbonyl (C=O) groups is 1. The van der Waals surface area contributed by atoms with Crippen molar-refractivity contribution in [3.63, 3.8) is 0 Å². The monoisotopic (exact) mass is 402 g/mol. The van der Waals surface area contributed by atoms with Crippen molar-refractivity contribution < 1.29 is 14.3 Å². The van der Waals surface area contributed by atoms with Gasteiger partial charge in [-0.25, -0.2) is 5.43 Å². The van der Waals surface area contributed by atoms with Gasteiger partial charge in [0.1, 0.15) is 18.1 Å². The summed E-state index contributed by atoms with van der Waals surface area (Å²) in [7, 11) is 0. The van der Waals surface area contributed by atoms with E-state index in [1.807, 2.05) is 78.9 Å². The van der Waals surface area contributed by atoms with Crippen LogP contribution in [0.4, 0.5) is 0 Å². The Kier molecular flexibility index (Phi) is 8.03. The molecule has 0 heterocycles. The van der Waals surface area contributed by atoms with E-state index >= 15 is 0 Å². The van der Waals surface area contributed by atoms with Crippen LogP contribution >= 0.6 is 0 Å². The first-order chi connectivity index (χ1) is 14.7. The fraction of sp³-hybridized carbons (Fsp3) is 0.200. The maximum absolute atomic E-state index is 12.0. The number of benzene rings is 3. The molecule has 0 fully saturated rings. The largest absolute Gasteiger partial charge is 0.488 e. The van der Waals surface area contributed by atoms with Crippen LogP contribution in [0.3, 0.4) is 0 Å². The first-order valence-corrected chi connectivity index (χ1v) is 10.0. The standard InChI is InChI=1S/C25H26N2O3/c1-2-8-20-13-15-23(16-14-20)29-19-25(28)27-26-17-22-11-6-7-12-24(22)30-18-21-9-4-3-5-10-21/h3-7,9-17H,2,8,18-19H2,1H3,(H,27,28)/b26-17-. The van der Waals surface area contributed by atoms with Gasteiger partial charge in [-0.05, 0) is 41.8 Å². The number of nitrogens with one attached hydrogen (secondary N) is 1. The van der Waals surface area contributed by atoms with Gasteiger partial charge < -0.3 is 9.47 Å². The molecule has 3 aromatic carbocycles. The number of carbonyl (C=O) groups excluding carboxylic acids is 1. The predicted octanol–water partition coefficient (Wildman–Crippen LogP) is 4.75. The maximum Gasteiger partial charge on any atom is 0.277 e. The normalized spacial score (nSPS) is 10.7. The van der Waals surface area contributed by atoms with E-state index < -0.39 is 0 Å². The molecule has 5 heteroatoms. The number of aryl methyl sites for hydroxylation is 1. The molecular weight excluding hydrogens is 376 g/mol. The number of amides is 1. The summed E-state index contributed by atoms with van der Waals surface area (Å²) < 4.78 is 11.4. The lowest BCUT2D eigenvalue weighted by molar-refractivity contribution is -0.123. The molecule has 3 aromatic rings. The zero-order chi connectivity index (χ0) is 21.0. The molecule has 0 bridgehead atoms. The highest BCUT2D eigenvalue weighted by Gasteiger charge is 2.04. The van der Waals surface area contributed by atoms with Crippen molar-refractivity contribution in [2.45, 2.75) is 26.4 Å². The van der Waals surface area contributed by atoms with Gasteiger partial charge in [0.2, 0.25) is 0 Å². The molecule has 0 aliphatic rings. The van der Waals surface area contributed by atoms with Gasteiger partial charge in [0, 0.05) is 5.56 Å². The van der Waals surface area contributed by atoms with Gasteiger partial charge >= 0.3 is 0 Å². The SMILES string of the molecule is CCCc1ccc(OCC(=O)N/N=C\c2ccccc2OCc2ccccc2)cc1. The quantitative estimate of drug-likeness (QED) is 0.393. The second-order valence-electron chi connectivity index (χ2n) is 6.79.